The summed E-state index contributed by atoms with van der Waals surface area (Å²) in [5.74, 6) is 0.868. The molecule has 0 aromatic heterocycles. The molecule has 1 fully saturated rings. The van der Waals surface area contributed by atoms with Crippen molar-refractivity contribution in [2.24, 2.45) is 0 Å². The first kappa shape index (κ1) is 12.6. The molecule has 1 aromatic rings. The zero-order chi connectivity index (χ0) is 12.1. The van der Waals surface area contributed by atoms with E-state index in [1.165, 1.54) is 37.7 Å². The predicted octanol–water partition coefficient (Wildman–Crippen LogP) is 4.23. The zero-order valence-electron chi connectivity index (χ0n) is 11.2. The van der Waals surface area contributed by atoms with Gasteiger partial charge >= 0.3 is 0 Å². The van der Waals surface area contributed by atoms with Gasteiger partial charge < -0.3 is 5.32 Å². The second kappa shape index (κ2) is 6.20. The topological polar surface area (TPSA) is 12.0 Å². The lowest BCUT2D eigenvalue weighted by Crippen LogP contribution is -2.25. The minimum atomic E-state index is 0.638. The van der Waals surface area contributed by atoms with Gasteiger partial charge in [0.1, 0.15) is 0 Å². The third-order valence-electron chi connectivity index (χ3n) is 3.65. The fourth-order valence-corrected chi connectivity index (χ4v) is 2.28. The average molecular weight is 231 g/mol. The molecule has 1 aromatic carbocycles. The highest BCUT2D eigenvalue weighted by atomic mass is 14.9. The number of rotatable bonds is 7. The molecule has 2 rings (SSSR count). The van der Waals surface area contributed by atoms with E-state index >= 15 is 0 Å². The lowest BCUT2D eigenvalue weighted by atomic mass is 10.1. The summed E-state index contributed by atoms with van der Waals surface area (Å²) in [6.07, 6.45) is 6.70. The Labute approximate surface area is 106 Å². The summed E-state index contributed by atoms with van der Waals surface area (Å²) in [6.45, 7) is 5.57. The zero-order valence-corrected chi connectivity index (χ0v) is 11.2. The van der Waals surface area contributed by atoms with Gasteiger partial charge in [-0.3, -0.25) is 0 Å². The van der Waals surface area contributed by atoms with Crippen LogP contribution in [0.1, 0.15) is 63.0 Å². The third kappa shape index (κ3) is 4.16. The van der Waals surface area contributed by atoms with E-state index in [1.54, 1.807) is 5.56 Å². The van der Waals surface area contributed by atoms with Gasteiger partial charge in [0.25, 0.3) is 0 Å². The summed E-state index contributed by atoms with van der Waals surface area (Å²) in [7, 11) is 0. The number of benzene rings is 1. The van der Waals surface area contributed by atoms with Gasteiger partial charge in [-0.15, -0.1) is 0 Å². The van der Waals surface area contributed by atoms with Crippen molar-refractivity contribution in [1.82, 2.24) is 5.32 Å². The van der Waals surface area contributed by atoms with E-state index in [1.807, 2.05) is 0 Å². The van der Waals surface area contributed by atoms with Gasteiger partial charge in [-0.1, -0.05) is 44.0 Å². The van der Waals surface area contributed by atoms with Gasteiger partial charge in [-0.25, -0.2) is 0 Å². The molecule has 0 spiro atoms. The fourth-order valence-electron chi connectivity index (χ4n) is 2.28. The smallest absolute Gasteiger partial charge is 0.0208 e. The quantitative estimate of drug-likeness (QED) is 0.740. The van der Waals surface area contributed by atoms with Gasteiger partial charge in [-0.05, 0) is 43.2 Å². The molecule has 0 heterocycles. The van der Waals surface area contributed by atoms with E-state index < -0.39 is 0 Å². The summed E-state index contributed by atoms with van der Waals surface area (Å²) < 4.78 is 0. The van der Waals surface area contributed by atoms with Crippen molar-refractivity contribution in [3.8, 4) is 0 Å². The Morgan fingerprint density at radius 1 is 1.35 bits per heavy atom. The first-order valence-electron chi connectivity index (χ1n) is 7.12. The maximum Gasteiger partial charge on any atom is 0.0208 e. The molecule has 94 valence electrons. The fraction of sp³-hybridized carbons (Fsp3) is 0.625. The van der Waals surface area contributed by atoms with Gasteiger partial charge in [0, 0.05) is 12.6 Å². The lowest BCUT2D eigenvalue weighted by molar-refractivity contribution is 0.495. The van der Waals surface area contributed by atoms with Crippen molar-refractivity contribution in [2.45, 2.75) is 64.5 Å². The molecule has 0 saturated heterocycles. The average Bonchev–Trinajstić information content (AvgIpc) is 3.18. The highest BCUT2D eigenvalue weighted by Gasteiger charge is 2.23. The van der Waals surface area contributed by atoms with Crippen LogP contribution in [0.4, 0.5) is 0 Å². The summed E-state index contributed by atoms with van der Waals surface area (Å²) in [5.41, 5.74) is 2.99. The van der Waals surface area contributed by atoms with Crippen LogP contribution in [-0.2, 0) is 6.54 Å². The first-order valence-corrected chi connectivity index (χ1v) is 7.12. The molecule has 0 bridgehead atoms. The number of hydrogen-bond donors (Lipinski definition) is 1. The van der Waals surface area contributed by atoms with Crippen LogP contribution in [-0.4, -0.2) is 6.04 Å². The monoisotopic (exact) mass is 231 g/mol. The Balaban J connectivity index is 1.79. The molecule has 1 aliphatic carbocycles. The van der Waals surface area contributed by atoms with Crippen LogP contribution in [0.5, 0.6) is 0 Å². The van der Waals surface area contributed by atoms with E-state index in [9.17, 15) is 0 Å². The van der Waals surface area contributed by atoms with Crippen LogP contribution in [0.2, 0.25) is 0 Å². The Morgan fingerprint density at radius 2 is 2.18 bits per heavy atom. The van der Waals surface area contributed by atoms with Crippen molar-refractivity contribution in [3.63, 3.8) is 0 Å². The van der Waals surface area contributed by atoms with E-state index in [2.05, 4.69) is 43.4 Å². The SMILES string of the molecule is CCCCC(C)NCc1cccc(C2CC2)c1. The van der Waals surface area contributed by atoms with Gasteiger partial charge in [0.05, 0.1) is 0 Å². The maximum atomic E-state index is 3.62. The summed E-state index contributed by atoms with van der Waals surface area (Å²) in [6, 6.07) is 9.76. The molecule has 0 aliphatic heterocycles. The van der Waals surface area contributed by atoms with Crippen molar-refractivity contribution >= 4 is 0 Å². The lowest BCUT2D eigenvalue weighted by Gasteiger charge is -2.13. The summed E-state index contributed by atoms with van der Waals surface area (Å²) in [4.78, 5) is 0. The number of nitrogens with one attached hydrogen (secondary N) is 1. The molecule has 1 aliphatic rings. The van der Waals surface area contributed by atoms with Crippen molar-refractivity contribution in [1.29, 1.82) is 0 Å². The van der Waals surface area contributed by atoms with Crippen LogP contribution in [0.25, 0.3) is 0 Å². The van der Waals surface area contributed by atoms with E-state index in [-0.39, 0.29) is 0 Å². The summed E-state index contributed by atoms with van der Waals surface area (Å²) >= 11 is 0. The van der Waals surface area contributed by atoms with Crippen LogP contribution >= 0.6 is 0 Å². The second-order valence-corrected chi connectivity index (χ2v) is 5.44. The Morgan fingerprint density at radius 3 is 2.88 bits per heavy atom. The molecule has 1 heteroatoms. The molecule has 0 amide bonds. The Kier molecular flexibility index (Phi) is 4.61. The highest BCUT2D eigenvalue weighted by Crippen LogP contribution is 2.40. The molecule has 17 heavy (non-hydrogen) atoms. The third-order valence-corrected chi connectivity index (χ3v) is 3.65. The number of hydrogen-bond acceptors (Lipinski definition) is 1. The van der Waals surface area contributed by atoms with E-state index in [4.69, 9.17) is 0 Å². The van der Waals surface area contributed by atoms with Gasteiger partial charge in [0.2, 0.25) is 0 Å². The van der Waals surface area contributed by atoms with Crippen LogP contribution in [0, 0.1) is 0 Å². The maximum absolute atomic E-state index is 3.62. The standard InChI is InChI=1S/C16H25N/c1-3-4-6-13(2)17-12-14-7-5-8-16(11-14)15-9-10-15/h5,7-8,11,13,15,17H,3-4,6,9-10,12H2,1-2H3. The summed E-state index contributed by atoms with van der Waals surface area (Å²) in [5, 5.41) is 3.62. The first-order chi connectivity index (χ1) is 8.29. The molecular weight excluding hydrogens is 206 g/mol. The molecule has 1 nitrogen and oxygen atoms in total. The van der Waals surface area contributed by atoms with Gasteiger partial charge in [-0.2, -0.15) is 0 Å². The minimum absolute atomic E-state index is 0.638. The molecule has 0 radical (unpaired) electrons. The van der Waals surface area contributed by atoms with E-state index in [0.29, 0.717) is 6.04 Å². The van der Waals surface area contributed by atoms with Crippen LogP contribution in [0.3, 0.4) is 0 Å². The number of unbranched alkanes of at least 4 members (excludes halogenated alkanes) is 1. The minimum Gasteiger partial charge on any atom is -0.310 e. The molecule has 1 atom stereocenters. The van der Waals surface area contributed by atoms with Crippen LogP contribution < -0.4 is 5.32 Å². The molecule has 1 saturated carbocycles. The van der Waals surface area contributed by atoms with E-state index in [0.717, 1.165) is 12.5 Å². The largest absolute Gasteiger partial charge is 0.310 e. The van der Waals surface area contributed by atoms with Crippen LogP contribution in [0.15, 0.2) is 24.3 Å². The predicted molar refractivity (Wildman–Crippen MR) is 74.2 cm³/mol. The van der Waals surface area contributed by atoms with Crippen molar-refractivity contribution in [3.05, 3.63) is 35.4 Å². The normalized spacial score (nSPS) is 17.1. The Hall–Kier alpha value is -0.820. The molecule has 1 N–H and O–H groups in total. The second-order valence-electron chi connectivity index (χ2n) is 5.44. The van der Waals surface area contributed by atoms with Gasteiger partial charge in [0.15, 0.2) is 0 Å². The highest BCUT2D eigenvalue weighted by molar-refractivity contribution is 5.29. The molecule has 1 unspecified atom stereocenters. The molecular formula is C16H25N. The van der Waals surface area contributed by atoms with Crippen molar-refractivity contribution in [2.75, 3.05) is 0 Å². The van der Waals surface area contributed by atoms with Crippen molar-refractivity contribution < 1.29 is 0 Å². The Bertz CT molecular complexity index is 341.